The van der Waals surface area contributed by atoms with Crippen molar-refractivity contribution in [2.45, 2.75) is 33.7 Å². The van der Waals surface area contributed by atoms with Crippen molar-refractivity contribution in [2.75, 3.05) is 33.4 Å². The molecule has 0 unspecified atom stereocenters. The summed E-state index contributed by atoms with van der Waals surface area (Å²) in [5.41, 5.74) is 0.812. The van der Waals surface area contributed by atoms with Crippen LogP contribution in [-0.2, 0) is 27.2 Å². The number of aromatic nitrogens is 2. The van der Waals surface area contributed by atoms with E-state index in [4.69, 9.17) is 9.47 Å². The highest BCUT2D eigenvalue weighted by Crippen LogP contribution is 2.42. The molecule has 0 aromatic carbocycles. The molecule has 0 saturated carbocycles. The van der Waals surface area contributed by atoms with Gasteiger partial charge in [0.05, 0.1) is 26.0 Å². The number of carbonyl (C=O) groups excluding carboxylic acids is 2. The summed E-state index contributed by atoms with van der Waals surface area (Å²) < 4.78 is 12.3. The molecule has 2 atom stereocenters. The number of aryl methyl sites for hydroxylation is 1. The van der Waals surface area contributed by atoms with E-state index >= 15 is 0 Å². The number of rotatable bonds is 5. The van der Waals surface area contributed by atoms with Crippen molar-refractivity contribution in [1.82, 2.24) is 14.7 Å². The van der Waals surface area contributed by atoms with Gasteiger partial charge in [-0.1, -0.05) is 13.8 Å². The number of nitrogens with zero attached hydrogens (tertiary/aromatic N) is 3. The highest BCUT2D eigenvalue weighted by atomic mass is 16.5. The van der Waals surface area contributed by atoms with Gasteiger partial charge in [0.1, 0.15) is 11.1 Å². The van der Waals surface area contributed by atoms with Crippen molar-refractivity contribution < 1.29 is 19.1 Å². The molecule has 2 aliphatic heterocycles. The number of amides is 1. The summed E-state index contributed by atoms with van der Waals surface area (Å²) in [6, 6.07) is 1.89. The summed E-state index contributed by atoms with van der Waals surface area (Å²) in [5, 5.41) is 4.55. The Labute approximate surface area is 148 Å². The largest absolute Gasteiger partial charge is 0.468 e. The van der Waals surface area contributed by atoms with Crippen LogP contribution >= 0.6 is 0 Å². The van der Waals surface area contributed by atoms with Gasteiger partial charge in [0.15, 0.2) is 0 Å². The molecule has 0 bridgehead atoms. The first kappa shape index (κ1) is 17.9. The highest BCUT2D eigenvalue weighted by Gasteiger charge is 2.57. The second-order valence-electron chi connectivity index (χ2n) is 7.48. The van der Waals surface area contributed by atoms with E-state index < -0.39 is 5.41 Å². The minimum absolute atomic E-state index is 0.00275. The Kier molecular flexibility index (Phi) is 4.86. The van der Waals surface area contributed by atoms with Gasteiger partial charge in [-0.2, -0.15) is 5.10 Å². The molecule has 0 spiro atoms. The van der Waals surface area contributed by atoms with Gasteiger partial charge in [-0.3, -0.25) is 14.3 Å². The third-order valence-electron chi connectivity index (χ3n) is 5.22. The number of likely N-dealkylation sites (tertiary alicyclic amines) is 1. The van der Waals surface area contributed by atoms with Crippen LogP contribution in [0.15, 0.2) is 6.07 Å². The summed E-state index contributed by atoms with van der Waals surface area (Å²) in [4.78, 5) is 27.2. The molecule has 1 amide bonds. The van der Waals surface area contributed by atoms with Crippen LogP contribution in [0.2, 0.25) is 0 Å². The average molecular weight is 349 g/mol. The molecule has 1 aromatic heterocycles. The van der Waals surface area contributed by atoms with Crippen LogP contribution in [-0.4, -0.2) is 60.0 Å². The fraction of sp³-hybridized carbons (Fsp3) is 0.722. The average Bonchev–Trinajstić information content (AvgIpc) is 3.24. The lowest BCUT2D eigenvalue weighted by Crippen LogP contribution is -2.41. The van der Waals surface area contributed by atoms with E-state index in [-0.39, 0.29) is 17.8 Å². The Bertz CT molecular complexity index is 669. The Morgan fingerprint density at radius 2 is 2.24 bits per heavy atom. The lowest BCUT2D eigenvalue weighted by Gasteiger charge is -2.23. The van der Waals surface area contributed by atoms with Crippen LogP contribution in [0.4, 0.5) is 0 Å². The molecule has 25 heavy (non-hydrogen) atoms. The molecule has 7 nitrogen and oxygen atoms in total. The molecule has 3 rings (SSSR count). The van der Waals surface area contributed by atoms with E-state index in [1.807, 2.05) is 13.0 Å². The fourth-order valence-electron chi connectivity index (χ4n) is 3.95. The minimum Gasteiger partial charge on any atom is -0.468 e. The van der Waals surface area contributed by atoms with Crippen molar-refractivity contribution in [2.24, 2.45) is 17.3 Å². The van der Waals surface area contributed by atoms with Crippen molar-refractivity contribution in [3.05, 3.63) is 17.5 Å². The Hall–Kier alpha value is -1.89. The topological polar surface area (TPSA) is 73.7 Å². The van der Waals surface area contributed by atoms with E-state index in [0.29, 0.717) is 44.5 Å². The second kappa shape index (κ2) is 6.78. The van der Waals surface area contributed by atoms with Crippen molar-refractivity contribution in [1.29, 1.82) is 0 Å². The minimum atomic E-state index is -0.720. The number of methoxy groups -OCH3 is 1. The maximum absolute atomic E-state index is 13.1. The van der Waals surface area contributed by atoms with Gasteiger partial charge in [0, 0.05) is 25.6 Å². The lowest BCUT2D eigenvalue weighted by molar-refractivity contribution is -0.153. The van der Waals surface area contributed by atoms with Crippen LogP contribution in [0.1, 0.15) is 37.0 Å². The maximum atomic E-state index is 13.1. The first-order valence-electron chi connectivity index (χ1n) is 8.93. The van der Waals surface area contributed by atoms with Gasteiger partial charge in [0.2, 0.25) is 0 Å². The number of esters is 1. The number of ether oxygens (including phenoxy) is 2. The van der Waals surface area contributed by atoms with Crippen LogP contribution in [0.25, 0.3) is 0 Å². The molecule has 7 heteroatoms. The molecule has 0 N–H and O–H groups in total. The molecule has 2 fully saturated rings. The molecule has 3 heterocycles. The zero-order chi connectivity index (χ0) is 18.2. The molecule has 0 radical (unpaired) electrons. The van der Waals surface area contributed by atoms with Gasteiger partial charge < -0.3 is 14.4 Å². The Morgan fingerprint density at radius 1 is 1.48 bits per heavy atom. The number of hydrogen-bond donors (Lipinski definition) is 0. The predicted octanol–water partition coefficient (Wildman–Crippen LogP) is 1.36. The molecule has 1 aromatic rings. The van der Waals surface area contributed by atoms with Gasteiger partial charge >= 0.3 is 5.97 Å². The molecule has 2 aliphatic rings. The second-order valence-corrected chi connectivity index (χ2v) is 7.48. The fourth-order valence-corrected chi connectivity index (χ4v) is 3.95. The SMILES string of the molecule is CCn1nc(CC(C)C)cc1C(=O)N1C[C@H]2COC[C@@]2(C(=O)OC)C1. The van der Waals surface area contributed by atoms with Crippen LogP contribution in [0.3, 0.4) is 0 Å². The zero-order valence-electron chi connectivity index (χ0n) is 15.4. The first-order valence-corrected chi connectivity index (χ1v) is 8.93. The van der Waals surface area contributed by atoms with Crippen LogP contribution in [0, 0.1) is 17.3 Å². The molecule has 138 valence electrons. The molecule has 2 saturated heterocycles. The third-order valence-corrected chi connectivity index (χ3v) is 5.22. The number of hydrogen-bond acceptors (Lipinski definition) is 5. The molecular formula is C18H27N3O4. The summed E-state index contributed by atoms with van der Waals surface area (Å²) in [6.45, 7) is 8.56. The van der Waals surface area contributed by atoms with Gasteiger partial charge in [0.25, 0.3) is 5.91 Å². The van der Waals surface area contributed by atoms with Crippen molar-refractivity contribution in [3.63, 3.8) is 0 Å². The van der Waals surface area contributed by atoms with E-state index in [1.165, 1.54) is 7.11 Å². The van der Waals surface area contributed by atoms with Gasteiger partial charge in [-0.05, 0) is 25.3 Å². The standard InChI is InChI=1S/C18H27N3O4/c1-5-21-15(7-14(19-21)6-12(2)3)16(22)20-8-13-9-25-11-18(13,10-20)17(23)24-4/h7,12-13H,5-6,8-11H2,1-4H3/t13-,18-/m0/s1. The third kappa shape index (κ3) is 3.05. The Balaban J connectivity index is 1.83. The monoisotopic (exact) mass is 349 g/mol. The summed E-state index contributed by atoms with van der Waals surface area (Å²) >= 11 is 0. The summed E-state index contributed by atoms with van der Waals surface area (Å²) in [7, 11) is 1.39. The molecule has 0 aliphatic carbocycles. The van der Waals surface area contributed by atoms with Crippen molar-refractivity contribution >= 4 is 11.9 Å². The Morgan fingerprint density at radius 3 is 2.88 bits per heavy atom. The first-order chi connectivity index (χ1) is 11.9. The van der Waals surface area contributed by atoms with Gasteiger partial charge in [-0.15, -0.1) is 0 Å². The van der Waals surface area contributed by atoms with E-state index in [2.05, 4.69) is 18.9 Å². The highest BCUT2D eigenvalue weighted by molar-refractivity contribution is 5.94. The predicted molar refractivity (Wildman–Crippen MR) is 91.1 cm³/mol. The lowest BCUT2D eigenvalue weighted by atomic mass is 9.81. The molecular weight excluding hydrogens is 322 g/mol. The van der Waals surface area contributed by atoms with Gasteiger partial charge in [-0.25, -0.2) is 0 Å². The quantitative estimate of drug-likeness (QED) is 0.751. The van der Waals surface area contributed by atoms with Crippen LogP contribution in [0.5, 0.6) is 0 Å². The number of carbonyl (C=O) groups is 2. The van der Waals surface area contributed by atoms with E-state index in [9.17, 15) is 9.59 Å². The zero-order valence-corrected chi connectivity index (χ0v) is 15.4. The number of fused-ring (bicyclic) bond motifs is 1. The van der Waals surface area contributed by atoms with Crippen molar-refractivity contribution in [3.8, 4) is 0 Å². The maximum Gasteiger partial charge on any atom is 0.316 e. The van der Waals surface area contributed by atoms with E-state index in [0.717, 1.165) is 12.1 Å². The van der Waals surface area contributed by atoms with Crippen LogP contribution < -0.4 is 0 Å². The smallest absolute Gasteiger partial charge is 0.316 e. The van der Waals surface area contributed by atoms with E-state index in [1.54, 1.807) is 9.58 Å². The summed E-state index contributed by atoms with van der Waals surface area (Å²) in [5.74, 6) is 0.128. The summed E-state index contributed by atoms with van der Waals surface area (Å²) in [6.07, 6.45) is 0.843. The normalized spacial score (nSPS) is 25.5.